The molecular formula is C17H15BrFNO. The molecule has 2 aromatic carbocycles. The first-order valence-electron chi connectivity index (χ1n) is 6.71. The molecule has 0 aliphatic rings. The van der Waals surface area contributed by atoms with Crippen LogP contribution in [0.1, 0.15) is 22.9 Å². The Balaban J connectivity index is 2.09. The van der Waals surface area contributed by atoms with Crippen molar-refractivity contribution in [2.45, 2.75) is 13.0 Å². The largest absolute Gasteiger partial charge is 0.459 e. The fourth-order valence-corrected chi connectivity index (χ4v) is 2.78. The van der Waals surface area contributed by atoms with Crippen LogP contribution in [0.15, 0.2) is 51.4 Å². The molecule has 21 heavy (non-hydrogen) atoms. The Bertz CT molecular complexity index is 797. The van der Waals surface area contributed by atoms with Gasteiger partial charge < -0.3 is 9.73 Å². The standard InChI is InChI=1S/C17H15BrFNO/c1-10-4-3-5-12-9-15(21-17(10)12)16(20-2)11-6-7-13(18)14(19)8-11/h3-9,16,20H,1-2H3. The van der Waals surface area contributed by atoms with Crippen molar-refractivity contribution in [3.05, 3.63) is 69.6 Å². The highest BCUT2D eigenvalue weighted by atomic mass is 79.9. The molecule has 1 aromatic heterocycles. The monoisotopic (exact) mass is 347 g/mol. The Kier molecular flexibility index (Phi) is 3.83. The molecule has 3 rings (SSSR count). The average Bonchev–Trinajstić information content (AvgIpc) is 2.89. The van der Waals surface area contributed by atoms with Crippen molar-refractivity contribution in [3.8, 4) is 0 Å². The summed E-state index contributed by atoms with van der Waals surface area (Å²) in [4.78, 5) is 0. The van der Waals surface area contributed by atoms with Crippen molar-refractivity contribution >= 4 is 26.9 Å². The van der Waals surface area contributed by atoms with Crippen LogP contribution in [0.3, 0.4) is 0 Å². The van der Waals surface area contributed by atoms with E-state index in [2.05, 4.69) is 21.2 Å². The number of aryl methyl sites for hydroxylation is 1. The molecule has 0 aliphatic carbocycles. The highest BCUT2D eigenvalue weighted by Gasteiger charge is 2.18. The number of hydrogen-bond acceptors (Lipinski definition) is 2. The Morgan fingerprint density at radius 3 is 2.67 bits per heavy atom. The van der Waals surface area contributed by atoms with Crippen LogP contribution in [-0.2, 0) is 0 Å². The average molecular weight is 348 g/mol. The molecule has 0 amide bonds. The van der Waals surface area contributed by atoms with Crippen LogP contribution in [-0.4, -0.2) is 7.05 Å². The Morgan fingerprint density at radius 1 is 1.19 bits per heavy atom. The molecule has 3 aromatic rings. The maximum Gasteiger partial charge on any atom is 0.137 e. The van der Waals surface area contributed by atoms with Gasteiger partial charge in [-0.1, -0.05) is 24.3 Å². The second-order valence-electron chi connectivity index (χ2n) is 5.04. The summed E-state index contributed by atoms with van der Waals surface area (Å²) in [5.41, 5.74) is 2.80. The van der Waals surface area contributed by atoms with Crippen molar-refractivity contribution in [2.75, 3.05) is 7.05 Å². The highest BCUT2D eigenvalue weighted by Crippen LogP contribution is 2.31. The van der Waals surface area contributed by atoms with Crippen molar-refractivity contribution in [3.63, 3.8) is 0 Å². The first-order valence-corrected chi connectivity index (χ1v) is 7.50. The number of rotatable bonds is 3. The van der Waals surface area contributed by atoms with Crippen LogP contribution in [0.25, 0.3) is 11.0 Å². The molecule has 0 spiro atoms. The maximum absolute atomic E-state index is 13.8. The van der Waals surface area contributed by atoms with Gasteiger partial charge in [0.2, 0.25) is 0 Å². The van der Waals surface area contributed by atoms with E-state index in [1.165, 1.54) is 6.07 Å². The summed E-state index contributed by atoms with van der Waals surface area (Å²) in [6.45, 7) is 2.02. The fourth-order valence-electron chi connectivity index (χ4n) is 2.54. The summed E-state index contributed by atoms with van der Waals surface area (Å²) in [5.74, 6) is 0.503. The van der Waals surface area contributed by atoms with Gasteiger partial charge in [-0.2, -0.15) is 0 Å². The summed E-state index contributed by atoms with van der Waals surface area (Å²) < 4.78 is 20.2. The molecule has 0 fully saturated rings. The number of furan rings is 1. The van der Waals surface area contributed by atoms with Crippen LogP contribution in [0.4, 0.5) is 4.39 Å². The van der Waals surface area contributed by atoms with E-state index >= 15 is 0 Å². The van der Waals surface area contributed by atoms with Crippen molar-refractivity contribution in [2.24, 2.45) is 0 Å². The molecule has 0 saturated carbocycles. The number of benzene rings is 2. The van der Waals surface area contributed by atoms with Crippen LogP contribution in [0, 0.1) is 12.7 Å². The maximum atomic E-state index is 13.8. The zero-order chi connectivity index (χ0) is 15.0. The number of halogens is 2. The summed E-state index contributed by atoms with van der Waals surface area (Å²) in [7, 11) is 1.84. The van der Waals surface area contributed by atoms with E-state index in [9.17, 15) is 4.39 Å². The van der Waals surface area contributed by atoms with Gasteiger partial charge in [-0.3, -0.25) is 0 Å². The number of fused-ring (bicyclic) bond motifs is 1. The quantitative estimate of drug-likeness (QED) is 0.724. The third-order valence-corrected chi connectivity index (χ3v) is 4.25. The molecular weight excluding hydrogens is 333 g/mol. The molecule has 4 heteroatoms. The third kappa shape index (κ3) is 2.61. The molecule has 2 nitrogen and oxygen atoms in total. The molecule has 108 valence electrons. The van der Waals surface area contributed by atoms with Crippen LogP contribution >= 0.6 is 15.9 Å². The van der Waals surface area contributed by atoms with E-state index in [0.29, 0.717) is 4.47 Å². The zero-order valence-corrected chi connectivity index (χ0v) is 13.4. The van der Waals surface area contributed by atoms with Crippen molar-refractivity contribution in [1.29, 1.82) is 0 Å². The van der Waals surface area contributed by atoms with Gasteiger partial charge in [-0.05, 0) is 59.2 Å². The second kappa shape index (κ2) is 5.62. The number of para-hydroxylation sites is 1. The minimum Gasteiger partial charge on any atom is -0.459 e. The first-order chi connectivity index (χ1) is 10.1. The number of nitrogens with one attached hydrogen (secondary N) is 1. The Hall–Kier alpha value is -1.65. The zero-order valence-electron chi connectivity index (χ0n) is 11.8. The van der Waals surface area contributed by atoms with E-state index < -0.39 is 0 Å². The fraction of sp³-hybridized carbons (Fsp3) is 0.176. The summed E-state index contributed by atoms with van der Waals surface area (Å²) in [6.07, 6.45) is 0. The first kappa shape index (κ1) is 14.3. The number of hydrogen-bond donors (Lipinski definition) is 1. The molecule has 0 saturated heterocycles. The van der Waals surface area contributed by atoms with Gasteiger partial charge in [0.1, 0.15) is 17.2 Å². The smallest absolute Gasteiger partial charge is 0.137 e. The molecule has 1 atom stereocenters. The molecule has 1 N–H and O–H groups in total. The molecule has 1 heterocycles. The summed E-state index contributed by atoms with van der Waals surface area (Å²) >= 11 is 3.18. The summed E-state index contributed by atoms with van der Waals surface area (Å²) in [5, 5.41) is 4.24. The van der Waals surface area contributed by atoms with Crippen LogP contribution in [0.5, 0.6) is 0 Å². The van der Waals surface area contributed by atoms with E-state index in [4.69, 9.17) is 4.42 Å². The van der Waals surface area contributed by atoms with E-state index in [-0.39, 0.29) is 11.9 Å². The van der Waals surface area contributed by atoms with E-state index in [0.717, 1.165) is 27.9 Å². The lowest BCUT2D eigenvalue weighted by atomic mass is 10.0. The Labute approximate surface area is 131 Å². The van der Waals surface area contributed by atoms with Crippen molar-refractivity contribution < 1.29 is 8.81 Å². The third-order valence-electron chi connectivity index (χ3n) is 3.61. The van der Waals surface area contributed by atoms with E-state index in [1.807, 2.05) is 44.3 Å². The Morgan fingerprint density at radius 2 is 2.00 bits per heavy atom. The van der Waals surface area contributed by atoms with Gasteiger partial charge in [0, 0.05) is 5.39 Å². The lowest BCUT2D eigenvalue weighted by Crippen LogP contribution is -2.17. The minimum absolute atomic E-state index is 0.181. The lowest BCUT2D eigenvalue weighted by Gasteiger charge is -2.14. The van der Waals surface area contributed by atoms with Gasteiger partial charge in [-0.15, -0.1) is 0 Å². The van der Waals surface area contributed by atoms with E-state index in [1.54, 1.807) is 6.07 Å². The predicted octanol–water partition coefficient (Wildman–Crippen LogP) is 4.95. The van der Waals surface area contributed by atoms with Gasteiger partial charge >= 0.3 is 0 Å². The van der Waals surface area contributed by atoms with Crippen LogP contribution in [0.2, 0.25) is 0 Å². The van der Waals surface area contributed by atoms with Gasteiger partial charge in [-0.25, -0.2) is 4.39 Å². The summed E-state index contributed by atoms with van der Waals surface area (Å²) in [6, 6.07) is 13.0. The SMILES string of the molecule is CNC(c1ccc(Br)c(F)c1)c1cc2cccc(C)c2o1. The second-order valence-corrected chi connectivity index (χ2v) is 5.89. The molecule has 0 bridgehead atoms. The molecule has 0 aliphatic heterocycles. The van der Waals surface area contributed by atoms with Gasteiger partial charge in [0.15, 0.2) is 0 Å². The minimum atomic E-state index is -0.278. The van der Waals surface area contributed by atoms with Gasteiger partial charge in [0.25, 0.3) is 0 Å². The highest BCUT2D eigenvalue weighted by molar-refractivity contribution is 9.10. The van der Waals surface area contributed by atoms with Crippen LogP contribution < -0.4 is 5.32 Å². The normalized spacial score (nSPS) is 12.8. The predicted molar refractivity (Wildman–Crippen MR) is 86.0 cm³/mol. The van der Waals surface area contributed by atoms with Crippen molar-refractivity contribution in [1.82, 2.24) is 5.32 Å². The van der Waals surface area contributed by atoms with Gasteiger partial charge in [0.05, 0.1) is 10.5 Å². The topological polar surface area (TPSA) is 25.2 Å². The lowest BCUT2D eigenvalue weighted by molar-refractivity contribution is 0.488. The molecule has 0 radical (unpaired) electrons. The molecule has 1 unspecified atom stereocenters.